The molecule has 0 heterocycles. The van der Waals surface area contributed by atoms with Crippen molar-refractivity contribution in [3.05, 3.63) is 78.1 Å². The zero-order valence-electron chi connectivity index (χ0n) is 20.9. The molecule has 0 aliphatic carbocycles. The second-order valence-electron chi connectivity index (χ2n) is 8.91. The molecule has 3 aromatic carbocycles. The molecule has 3 rings (SSSR count). The van der Waals surface area contributed by atoms with E-state index in [9.17, 15) is 22.4 Å². The zero-order chi connectivity index (χ0) is 26.5. The third kappa shape index (κ3) is 6.47. The maximum atomic E-state index is 13.4. The predicted molar refractivity (Wildman–Crippen MR) is 138 cm³/mol. The number of amides is 2. The highest BCUT2D eigenvalue weighted by atomic mass is 32.2. The van der Waals surface area contributed by atoms with Crippen molar-refractivity contribution < 1.29 is 22.4 Å². The summed E-state index contributed by atoms with van der Waals surface area (Å²) in [6.07, 6.45) is 0.719. The van der Waals surface area contributed by atoms with Crippen molar-refractivity contribution in [1.82, 2.24) is 14.5 Å². The Morgan fingerprint density at radius 3 is 2.25 bits per heavy atom. The SMILES string of the molecule is CC[C@@H](C)NC(=O)[C@@H](C)N(Cc1ccc(F)cc1)C(=O)CN(C)S(=O)(=O)c1ccc2ccccc2c1. The molecule has 2 atom stereocenters. The standard InChI is InChI=1S/C27H32FN3O4S/c1-5-19(2)29-27(33)20(3)31(17-21-10-13-24(28)14-11-21)26(32)18-30(4)36(34,35)25-15-12-22-8-6-7-9-23(22)16-25/h6-16,19-20H,5,17-18H2,1-4H3,(H,29,33)/t19-,20-/m1/s1. The average molecular weight is 514 g/mol. The molecule has 0 bridgehead atoms. The lowest BCUT2D eigenvalue weighted by Gasteiger charge is -2.31. The summed E-state index contributed by atoms with van der Waals surface area (Å²) in [5.41, 5.74) is 0.618. The summed E-state index contributed by atoms with van der Waals surface area (Å²) in [6.45, 7) is 4.96. The van der Waals surface area contributed by atoms with E-state index in [1.807, 2.05) is 38.1 Å². The van der Waals surface area contributed by atoms with Crippen LogP contribution >= 0.6 is 0 Å². The predicted octanol–water partition coefficient (Wildman–Crippen LogP) is 3.93. The van der Waals surface area contributed by atoms with Crippen LogP contribution in [0, 0.1) is 5.82 Å². The van der Waals surface area contributed by atoms with E-state index in [4.69, 9.17) is 0 Å². The number of hydrogen-bond acceptors (Lipinski definition) is 4. The minimum absolute atomic E-state index is 0.0259. The zero-order valence-corrected chi connectivity index (χ0v) is 21.8. The fraction of sp³-hybridized carbons (Fsp3) is 0.333. The van der Waals surface area contributed by atoms with Crippen LogP contribution in [-0.2, 0) is 26.2 Å². The second kappa shape index (κ2) is 11.6. The summed E-state index contributed by atoms with van der Waals surface area (Å²) in [5.74, 6) is -1.31. The van der Waals surface area contributed by atoms with Crippen LogP contribution in [0.5, 0.6) is 0 Å². The number of carbonyl (C=O) groups is 2. The van der Waals surface area contributed by atoms with E-state index in [0.29, 0.717) is 5.56 Å². The van der Waals surface area contributed by atoms with E-state index in [-0.39, 0.29) is 23.4 Å². The van der Waals surface area contributed by atoms with Crippen LogP contribution in [0.2, 0.25) is 0 Å². The summed E-state index contributed by atoms with van der Waals surface area (Å²) in [7, 11) is -2.64. The van der Waals surface area contributed by atoms with Gasteiger partial charge >= 0.3 is 0 Å². The first-order chi connectivity index (χ1) is 17.0. The summed E-state index contributed by atoms with van der Waals surface area (Å²) in [4.78, 5) is 27.6. The van der Waals surface area contributed by atoms with E-state index in [2.05, 4.69) is 5.32 Å². The lowest BCUT2D eigenvalue weighted by molar-refractivity contribution is -0.140. The van der Waals surface area contributed by atoms with E-state index >= 15 is 0 Å². The van der Waals surface area contributed by atoms with E-state index in [0.717, 1.165) is 21.5 Å². The molecular weight excluding hydrogens is 481 g/mol. The first-order valence-electron chi connectivity index (χ1n) is 11.8. The molecule has 0 aliphatic rings. The molecule has 36 heavy (non-hydrogen) atoms. The molecule has 0 radical (unpaired) electrons. The van der Waals surface area contributed by atoms with Gasteiger partial charge in [0.05, 0.1) is 11.4 Å². The van der Waals surface area contributed by atoms with Crippen molar-refractivity contribution in [1.29, 1.82) is 0 Å². The van der Waals surface area contributed by atoms with Crippen LogP contribution < -0.4 is 5.32 Å². The van der Waals surface area contributed by atoms with Gasteiger partial charge in [-0.05, 0) is 60.9 Å². The van der Waals surface area contributed by atoms with Crippen LogP contribution in [0.15, 0.2) is 71.6 Å². The third-order valence-corrected chi connectivity index (χ3v) is 8.02. The molecular formula is C27H32FN3O4S. The maximum absolute atomic E-state index is 13.4. The molecule has 0 saturated heterocycles. The molecule has 3 aromatic rings. The molecule has 0 aromatic heterocycles. The topological polar surface area (TPSA) is 86.8 Å². The van der Waals surface area contributed by atoms with Gasteiger partial charge < -0.3 is 10.2 Å². The highest BCUT2D eigenvalue weighted by Gasteiger charge is 2.30. The van der Waals surface area contributed by atoms with Crippen molar-refractivity contribution in [3.63, 3.8) is 0 Å². The highest BCUT2D eigenvalue weighted by molar-refractivity contribution is 7.89. The number of likely N-dealkylation sites (N-methyl/N-ethyl adjacent to an activating group) is 1. The fourth-order valence-electron chi connectivity index (χ4n) is 3.71. The Bertz CT molecular complexity index is 1330. The van der Waals surface area contributed by atoms with Crippen LogP contribution in [0.1, 0.15) is 32.8 Å². The lowest BCUT2D eigenvalue weighted by Crippen LogP contribution is -2.51. The summed E-state index contributed by atoms with van der Waals surface area (Å²) in [6, 6.07) is 16.9. The largest absolute Gasteiger partial charge is 0.352 e. The molecule has 0 spiro atoms. The fourth-order valence-corrected chi connectivity index (χ4v) is 4.86. The van der Waals surface area contributed by atoms with E-state index in [1.165, 1.54) is 42.3 Å². The Balaban J connectivity index is 1.84. The molecule has 0 fully saturated rings. The Labute approximate surface area is 212 Å². The molecule has 1 N–H and O–H groups in total. The van der Waals surface area contributed by atoms with Gasteiger partial charge in [0.15, 0.2) is 0 Å². The number of halogens is 1. The number of sulfonamides is 1. The maximum Gasteiger partial charge on any atom is 0.243 e. The van der Waals surface area contributed by atoms with Crippen molar-refractivity contribution in [2.45, 2.75) is 50.7 Å². The minimum atomic E-state index is -3.97. The third-order valence-electron chi connectivity index (χ3n) is 6.22. The van der Waals surface area contributed by atoms with Crippen molar-refractivity contribution in [2.24, 2.45) is 0 Å². The first-order valence-corrected chi connectivity index (χ1v) is 13.3. The Hall–Kier alpha value is -3.30. The van der Waals surface area contributed by atoms with Crippen molar-refractivity contribution >= 4 is 32.6 Å². The van der Waals surface area contributed by atoms with Gasteiger partial charge in [-0.25, -0.2) is 12.8 Å². The van der Waals surface area contributed by atoms with Crippen molar-refractivity contribution in [3.8, 4) is 0 Å². The van der Waals surface area contributed by atoms with Crippen LogP contribution in [0.25, 0.3) is 10.8 Å². The Kier molecular flexibility index (Phi) is 8.81. The van der Waals surface area contributed by atoms with Crippen molar-refractivity contribution in [2.75, 3.05) is 13.6 Å². The molecule has 0 saturated carbocycles. The highest BCUT2D eigenvalue weighted by Crippen LogP contribution is 2.22. The van der Waals surface area contributed by atoms with Gasteiger partial charge in [0.25, 0.3) is 0 Å². The van der Waals surface area contributed by atoms with Gasteiger partial charge in [0.2, 0.25) is 21.8 Å². The monoisotopic (exact) mass is 513 g/mol. The van der Waals surface area contributed by atoms with E-state index < -0.39 is 34.3 Å². The second-order valence-corrected chi connectivity index (χ2v) is 11.0. The Morgan fingerprint density at radius 1 is 0.972 bits per heavy atom. The number of nitrogens with one attached hydrogen (secondary N) is 1. The molecule has 2 amide bonds. The number of rotatable bonds is 10. The number of carbonyl (C=O) groups excluding carboxylic acids is 2. The molecule has 7 nitrogen and oxygen atoms in total. The van der Waals surface area contributed by atoms with Gasteiger partial charge in [-0.1, -0.05) is 49.4 Å². The van der Waals surface area contributed by atoms with E-state index in [1.54, 1.807) is 19.1 Å². The number of fused-ring (bicyclic) bond motifs is 1. The van der Waals surface area contributed by atoms with Gasteiger partial charge in [-0.2, -0.15) is 4.31 Å². The normalized spacial score (nSPS) is 13.4. The van der Waals surface area contributed by atoms with Gasteiger partial charge in [-0.3, -0.25) is 9.59 Å². The number of nitrogens with zero attached hydrogens (tertiary/aromatic N) is 2. The van der Waals surface area contributed by atoms with Crippen LogP contribution in [0.4, 0.5) is 4.39 Å². The Morgan fingerprint density at radius 2 is 1.61 bits per heavy atom. The molecule has 0 aliphatic heterocycles. The lowest BCUT2D eigenvalue weighted by atomic mass is 10.1. The number of hydrogen-bond donors (Lipinski definition) is 1. The molecule has 192 valence electrons. The summed E-state index contributed by atoms with van der Waals surface area (Å²) >= 11 is 0. The van der Waals surface area contributed by atoms with Crippen LogP contribution in [0.3, 0.4) is 0 Å². The summed E-state index contributed by atoms with van der Waals surface area (Å²) in [5, 5.41) is 4.54. The number of benzene rings is 3. The van der Waals surface area contributed by atoms with Gasteiger partial charge in [0, 0.05) is 19.6 Å². The van der Waals surface area contributed by atoms with Gasteiger partial charge in [-0.15, -0.1) is 0 Å². The molecule has 0 unspecified atom stereocenters. The van der Waals surface area contributed by atoms with Crippen LogP contribution in [-0.4, -0.2) is 55.1 Å². The smallest absolute Gasteiger partial charge is 0.243 e. The molecule has 9 heteroatoms. The average Bonchev–Trinajstić information content (AvgIpc) is 2.87. The quantitative estimate of drug-likeness (QED) is 0.445. The first kappa shape index (κ1) is 27.3. The minimum Gasteiger partial charge on any atom is -0.352 e. The summed E-state index contributed by atoms with van der Waals surface area (Å²) < 4.78 is 40.9. The van der Waals surface area contributed by atoms with Gasteiger partial charge in [0.1, 0.15) is 11.9 Å².